The molecule has 0 bridgehead atoms. The lowest BCUT2D eigenvalue weighted by molar-refractivity contribution is 0.409. The first-order valence-electron chi connectivity index (χ1n) is 9.74. The fourth-order valence-electron chi connectivity index (χ4n) is 3.50. The molecule has 0 saturated heterocycles. The van der Waals surface area contributed by atoms with Crippen molar-refractivity contribution in [3.8, 4) is 0 Å². The number of nitrogens with one attached hydrogen (secondary N) is 2. The molecule has 0 unspecified atom stereocenters. The maximum Gasteiger partial charge on any atom is 0.191 e. The standard InChI is InChI=1S/C20H26N6O.HI/c1-2-7-16(8-3-1)23-20(21-12-11-17-9-6-14-27-17)22-15-19-25-24-18-10-4-5-13-26(18)19;/h4-6,9-10,13-14,16H,1-3,7-8,11-12,15H2,(H2,21,22,23);1H. The molecule has 1 saturated carbocycles. The summed E-state index contributed by atoms with van der Waals surface area (Å²) in [5.74, 6) is 2.64. The molecule has 150 valence electrons. The summed E-state index contributed by atoms with van der Waals surface area (Å²) in [7, 11) is 0. The second-order valence-corrected chi connectivity index (χ2v) is 6.95. The molecule has 4 rings (SSSR count). The number of nitrogens with zero attached hydrogens (tertiary/aromatic N) is 4. The summed E-state index contributed by atoms with van der Waals surface area (Å²) < 4.78 is 7.39. The van der Waals surface area contributed by atoms with E-state index < -0.39 is 0 Å². The second kappa shape index (κ2) is 10.4. The molecule has 1 aliphatic rings. The van der Waals surface area contributed by atoms with Gasteiger partial charge in [0.15, 0.2) is 17.4 Å². The highest BCUT2D eigenvalue weighted by molar-refractivity contribution is 14.0. The molecule has 1 fully saturated rings. The lowest BCUT2D eigenvalue weighted by atomic mass is 9.96. The molecule has 0 atom stereocenters. The Balaban J connectivity index is 0.00000225. The Bertz CT molecular complexity index is 870. The molecular weight excluding hydrogens is 467 g/mol. The Morgan fingerprint density at radius 1 is 1.14 bits per heavy atom. The predicted molar refractivity (Wildman–Crippen MR) is 120 cm³/mol. The van der Waals surface area contributed by atoms with Crippen molar-refractivity contribution in [3.63, 3.8) is 0 Å². The van der Waals surface area contributed by atoms with Crippen LogP contribution >= 0.6 is 24.0 Å². The van der Waals surface area contributed by atoms with Gasteiger partial charge in [0.1, 0.15) is 12.3 Å². The number of aromatic nitrogens is 3. The second-order valence-electron chi connectivity index (χ2n) is 6.95. The molecule has 3 heterocycles. The van der Waals surface area contributed by atoms with E-state index in [-0.39, 0.29) is 24.0 Å². The first kappa shape index (κ1) is 20.6. The zero-order valence-electron chi connectivity index (χ0n) is 15.9. The summed E-state index contributed by atoms with van der Waals surface area (Å²) >= 11 is 0. The van der Waals surface area contributed by atoms with Gasteiger partial charge in [0.25, 0.3) is 0 Å². The van der Waals surface area contributed by atoms with E-state index in [2.05, 4.69) is 20.8 Å². The Hall–Kier alpha value is -2.10. The third-order valence-electron chi connectivity index (χ3n) is 4.95. The average molecular weight is 494 g/mol. The molecule has 8 heteroatoms. The Labute approximate surface area is 182 Å². The molecule has 0 aromatic carbocycles. The highest BCUT2D eigenvalue weighted by Gasteiger charge is 2.15. The highest BCUT2D eigenvalue weighted by Crippen LogP contribution is 2.17. The lowest BCUT2D eigenvalue weighted by Gasteiger charge is -2.25. The molecule has 0 aliphatic heterocycles. The van der Waals surface area contributed by atoms with Crippen LogP contribution in [0.1, 0.15) is 43.7 Å². The number of hydrogen-bond donors (Lipinski definition) is 2. The van der Waals surface area contributed by atoms with E-state index in [0.29, 0.717) is 12.6 Å². The number of halogens is 1. The van der Waals surface area contributed by atoms with Gasteiger partial charge >= 0.3 is 0 Å². The minimum absolute atomic E-state index is 0. The van der Waals surface area contributed by atoms with E-state index in [1.807, 2.05) is 40.9 Å². The SMILES string of the molecule is I.c1coc(CCNC(=NCc2nnc3ccccn23)NC2CCCCC2)c1. The largest absolute Gasteiger partial charge is 0.469 e. The number of fused-ring (bicyclic) bond motifs is 1. The number of aliphatic imine (C=N–C) groups is 1. The first-order valence-corrected chi connectivity index (χ1v) is 9.74. The normalized spacial score (nSPS) is 15.4. The summed E-state index contributed by atoms with van der Waals surface area (Å²) in [5.41, 5.74) is 0.843. The molecule has 3 aromatic rings. The Morgan fingerprint density at radius 3 is 2.86 bits per heavy atom. The fourth-order valence-corrected chi connectivity index (χ4v) is 3.50. The molecular formula is C20H27IN6O. The van der Waals surface area contributed by atoms with Gasteiger partial charge in [0, 0.05) is 25.2 Å². The Kier molecular flexibility index (Phi) is 7.70. The number of furan rings is 1. The van der Waals surface area contributed by atoms with E-state index in [1.54, 1.807) is 6.26 Å². The van der Waals surface area contributed by atoms with Crippen molar-refractivity contribution >= 4 is 35.6 Å². The zero-order valence-corrected chi connectivity index (χ0v) is 18.2. The predicted octanol–water partition coefficient (Wildman–Crippen LogP) is 3.55. The van der Waals surface area contributed by atoms with Crippen molar-refractivity contribution in [1.82, 2.24) is 25.2 Å². The average Bonchev–Trinajstić information content (AvgIpc) is 3.37. The molecule has 3 aromatic heterocycles. The zero-order chi connectivity index (χ0) is 18.3. The van der Waals surface area contributed by atoms with Gasteiger partial charge < -0.3 is 15.1 Å². The van der Waals surface area contributed by atoms with Crippen LogP contribution in [0.25, 0.3) is 5.65 Å². The summed E-state index contributed by atoms with van der Waals surface area (Å²) in [6.45, 7) is 1.25. The summed E-state index contributed by atoms with van der Waals surface area (Å²) in [6.07, 6.45) is 10.8. The van der Waals surface area contributed by atoms with Gasteiger partial charge in [0.2, 0.25) is 0 Å². The van der Waals surface area contributed by atoms with Crippen LogP contribution in [0.4, 0.5) is 0 Å². The van der Waals surface area contributed by atoms with Crippen molar-refractivity contribution in [2.24, 2.45) is 4.99 Å². The first-order chi connectivity index (χ1) is 13.4. The van der Waals surface area contributed by atoms with Crippen molar-refractivity contribution in [3.05, 3.63) is 54.4 Å². The van der Waals surface area contributed by atoms with Crippen molar-refractivity contribution in [2.45, 2.75) is 51.1 Å². The summed E-state index contributed by atoms with van der Waals surface area (Å²) in [6, 6.07) is 10.3. The molecule has 28 heavy (non-hydrogen) atoms. The van der Waals surface area contributed by atoms with E-state index >= 15 is 0 Å². The van der Waals surface area contributed by atoms with Gasteiger partial charge in [-0.2, -0.15) is 0 Å². The molecule has 0 spiro atoms. The minimum Gasteiger partial charge on any atom is -0.469 e. The van der Waals surface area contributed by atoms with Crippen LogP contribution in [0.3, 0.4) is 0 Å². The third-order valence-corrected chi connectivity index (χ3v) is 4.95. The molecule has 0 amide bonds. The van der Waals surface area contributed by atoms with E-state index in [1.165, 1.54) is 32.1 Å². The maximum atomic E-state index is 5.41. The molecule has 1 aliphatic carbocycles. The number of hydrogen-bond acceptors (Lipinski definition) is 4. The van der Waals surface area contributed by atoms with Gasteiger partial charge in [-0.15, -0.1) is 34.2 Å². The lowest BCUT2D eigenvalue weighted by Crippen LogP contribution is -2.44. The number of guanidine groups is 1. The molecule has 2 N–H and O–H groups in total. The number of pyridine rings is 1. The van der Waals surface area contributed by atoms with E-state index in [4.69, 9.17) is 9.41 Å². The molecule has 0 radical (unpaired) electrons. The van der Waals surface area contributed by atoms with E-state index in [0.717, 1.165) is 36.2 Å². The van der Waals surface area contributed by atoms with Gasteiger partial charge in [-0.25, -0.2) is 4.99 Å². The van der Waals surface area contributed by atoms with Gasteiger partial charge in [-0.05, 0) is 37.1 Å². The summed E-state index contributed by atoms with van der Waals surface area (Å²) in [4.78, 5) is 4.77. The van der Waals surface area contributed by atoms with Crippen molar-refractivity contribution in [2.75, 3.05) is 6.54 Å². The van der Waals surface area contributed by atoms with Crippen molar-refractivity contribution in [1.29, 1.82) is 0 Å². The Morgan fingerprint density at radius 2 is 2.04 bits per heavy atom. The molecule has 7 nitrogen and oxygen atoms in total. The minimum atomic E-state index is 0. The quantitative estimate of drug-likeness (QED) is 0.311. The summed E-state index contributed by atoms with van der Waals surface area (Å²) in [5, 5.41) is 15.5. The van der Waals surface area contributed by atoms with Crippen LogP contribution in [-0.2, 0) is 13.0 Å². The van der Waals surface area contributed by atoms with Gasteiger partial charge in [-0.1, -0.05) is 25.3 Å². The maximum absolute atomic E-state index is 5.41. The van der Waals surface area contributed by atoms with Gasteiger partial charge in [-0.3, -0.25) is 4.40 Å². The number of rotatable bonds is 6. The topological polar surface area (TPSA) is 79.8 Å². The van der Waals surface area contributed by atoms with E-state index in [9.17, 15) is 0 Å². The fraction of sp³-hybridized carbons (Fsp3) is 0.450. The van der Waals surface area contributed by atoms with Crippen molar-refractivity contribution < 1.29 is 4.42 Å². The van der Waals surface area contributed by atoms with Crippen LogP contribution < -0.4 is 10.6 Å². The van der Waals surface area contributed by atoms with Crippen LogP contribution in [0.5, 0.6) is 0 Å². The van der Waals surface area contributed by atoms with Crippen LogP contribution in [-0.4, -0.2) is 33.1 Å². The third kappa shape index (κ3) is 5.46. The van der Waals surface area contributed by atoms with Crippen LogP contribution in [0.15, 0.2) is 52.2 Å². The highest BCUT2D eigenvalue weighted by atomic mass is 127. The monoisotopic (exact) mass is 494 g/mol. The smallest absolute Gasteiger partial charge is 0.191 e. The van der Waals surface area contributed by atoms with Crippen LogP contribution in [0.2, 0.25) is 0 Å². The van der Waals surface area contributed by atoms with Crippen LogP contribution in [0, 0.1) is 0 Å². The van der Waals surface area contributed by atoms with Gasteiger partial charge in [0.05, 0.1) is 6.26 Å².